The third-order valence-electron chi connectivity index (χ3n) is 1.98. The minimum Gasteiger partial charge on any atom is -0.481 e. The number of carboxylic acids is 1. The van der Waals surface area contributed by atoms with Crippen LogP contribution in [-0.4, -0.2) is 23.9 Å². The highest BCUT2D eigenvalue weighted by atomic mass is 19.4. The topological polar surface area (TPSA) is 46.5 Å². The van der Waals surface area contributed by atoms with Gasteiger partial charge in [-0.25, -0.2) is 0 Å². The predicted molar refractivity (Wildman–Crippen MR) is 53.4 cm³/mol. The largest absolute Gasteiger partial charge is 0.481 e. The number of ether oxygens (including phenoxy) is 1. The number of benzene rings is 1. The number of hydrogen-bond acceptors (Lipinski definition) is 2. The van der Waals surface area contributed by atoms with Gasteiger partial charge < -0.3 is 9.84 Å². The number of alkyl halides is 3. The summed E-state index contributed by atoms with van der Waals surface area (Å²) in [5.74, 6) is -1.21. The number of rotatable bonds is 5. The van der Waals surface area contributed by atoms with Gasteiger partial charge in [-0.05, 0) is 5.56 Å². The number of carboxylic acid groups (broad SMARTS) is 1. The maximum Gasteiger partial charge on any atom is 0.411 e. The van der Waals surface area contributed by atoms with E-state index < -0.39 is 31.3 Å². The molecule has 0 fully saturated rings. The molecule has 0 saturated carbocycles. The molecule has 0 aromatic heterocycles. The first-order chi connectivity index (χ1) is 7.88. The van der Waals surface area contributed by atoms with Crippen molar-refractivity contribution in [1.82, 2.24) is 0 Å². The highest BCUT2D eigenvalue weighted by molar-refractivity contribution is 5.67. The fourth-order valence-electron chi connectivity index (χ4n) is 1.29. The third-order valence-corrected chi connectivity index (χ3v) is 1.98. The van der Waals surface area contributed by atoms with Crippen LogP contribution in [0, 0.1) is 0 Å². The second-order valence-electron chi connectivity index (χ2n) is 3.42. The highest BCUT2D eigenvalue weighted by Crippen LogP contribution is 2.24. The van der Waals surface area contributed by atoms with Crippen LogP contribution in [-0.2, 0) is 9.53 Å². The number of hydrogen-bond donors (Lipinski definition) is 1. The molecule has 0 spiro atoms. The molecule has 6 heteroatoms. The number of carbonyl (C=O) groups is 1. The Morgan fingerprint density at radius 2 is 1.88 bits per heavy atom. The molecule has 1 atom stereocenters. The van der Waals surface area contributed by atoms with E-state index in [4.69, 9.17) is 5.11 Å². The summed E-state index contributed by atoms with van der Waals surface area (Å²) in [6.07, 6.45) is -6.05. The Bertz CT molecular complexity index is 362. The van der Waals surface area contributed by atoms with Crippen molar-refractivity contribution in [3.05, 3.63) is 35.9 Å². The van der Waals surface area contributed by atoms with Crippen molar-refractivity contribution < 1.29 is 27.8 Å². The van der Waals surface area contributed by atoms with Crippen LogP contribution in [0.4, 0.5) is 13.2 Å². The van der Waals surface area contributed by atoms with E-state index in [9.17, 15) is 18.0 Å². The van der Waals surface area contributed by atoms with Crippen LogP contribution < -0.4 is 0 Å². The van der Waals surface area contributed by atoms with E-state index in [0.29, 0.717) is 5.56 Å². The lowest BCUT2D eigenvalue weighted by Gasteiger charge is -2.17. The Labute approximate surface area is 95.8 Å². The number of halogens is 3. The molecule has 0 aliphatic heterocycles. The molecule has 1 unspecified atom stereocenters. The van der Waals surface area contributed by atoms with Crippen molar-refractivity contribution >= 4 is 5.97 Å². The van der Waals surface area contributed by atoms with Crippen molar-refractivity contribution in [2.24, 2.45) is 0 Å². The van der Waals surface area contributed by atoms with Gasteiger partial charge in [-0.3, -0.25) is 4.79 Å². The zero-order valence-electron chi connectivity index (χ0n) is 8.78. The van der Waals surface area contributed by atoms with Gasteiger partial charge >= 0.3 is 12.1 Å². The van der Waals surface area contributed by atoms with E-state index >= 15 is 0 Å². The van der Waals surface area contributed by atoms with Crippen LogP contribution in [0.5, 0.6) is 0 Å². The molecule has 1 N–H and O–H groups in total. The monoisotopic (exact) mass is 248 g/mol. The van der Waals surface area contributed by atoms with Gasteiger partial charge in [-0.2, -0.15) is 13.2 Å². The normalized spacial score (nSPS) is 13.4. The molecule has 0 amide bonds. The zero-order valence-corrected chi connectivity index (χ0v) is 8.78. The molecule has 1 rings (SSSR count). The van der Waals surface area contributed by atoms with Crippen LogP contribution in [0.25, 0.3) is 0 Å². The molecule has 0 radical (unpaired) electrons. The van der Waals surface area contributed by atoms with E-state index in [1.165, 1.54) is 12.1 Å². The van der Waals surface area contributed by atoms with Gasteiger partial charge in [0, 0.05) is 0 Å². The van der Waals surface area contributed by atoms with E-state index in [-0.39, 0.29) is 0 Å². The summed E-state index contributed by atoms with van der Waals surface area (Å²) in [7, 11) is 0. The molecule has 1 aromatic carbocycles. The minimum absolute atomic E-state index is 0.416. The molecular formula is C11H11F3O3. The van der Waals surface area contributed by atoms with E-state index in [1.54, 1.807) is 18.2 Å². The Kier molecular flexibility index (Phi) is 4.51. The molecule has 3 nitrogen and oxygen atoms in total. The molecule has 0 heterocycles. The molecule has 94 valence electrons. The third kappa shape index (κ3) is 5.35. The smallest absolute Gasteiger partial charge is 0.411 e. The summed E-state index contributed by atoms with van der Waals surface area (Å²) < 4.78 is 40.6. The first kappa shape index (κ1) is 13.5. The summed E-state index contributed by atoms with van der Waals surface area (Å²) in [6, 6.07) is 7.97. The number of aliphatic carboxylic acids is 1. The second-order valence-corrected chi connectivity index (χ2v) is 3.42. The maximum absolute atomic E-state index is 12.0. The van der Waals surface area contributed by atoms with Gasteiger partial charge in [0.2, 0.25) is 0 Å². The van der Waals surface area contributed by atoms with Crippen LogP contribution in [0.3, 0.4) is 0 Å². The summed E-state index contributed by atoms with van der Waals surface area (Å²) in [6.45, 7) is -1.46. The van der Waals surface area contributed by atoms with Crippen molar-refractivity contribution in [2.75, 3.05) is 6.61 Å². The lowest BCUT2D eigenvalue weighted by atomic mass is 10.1. The fourth-order valence-corrected chi connectivity index (χ4v) is 1.29. The van der Waals surface area contributed by atoms with Crippen molar-refractivity contribution in [2.45, 2.75) is 18.7 Å². The first-order valence-electron chi connectivity index (χ1n) is 4.83. The van der Waals surface area contributed by atoms with Gasteiger partial charge in [0.25, 0.3) is 0 Å². The van der Waals surface area contributed by atoms with Crippen LogP contribution in [0.2, 0.25) is 0 Å². The first-order valence-corrected chi connectivity index (χ1v) is 4.83. The Morgan fingerprint density at radius 1 is 1.29 bits per heavy atom. The second kappa shape index (κ2) is 5.67. The van der Waals surface area contributed by atoms with E-state index in [2.05, 4.69) is 4.74 Å². The fraction of sp³-hybridized carbons (Fsp3) is 0.364. The summed E-state index contributed by atoms with van der Waals surface area (Å²) >= 11 is 0. The average Bonchev–Trinajstić information content (AvgIpc) is 2.24. The predicted octanol–water partition coefficient (Wildman–Crippen LogP) is 2.78. The summed E-state index contributed by atoms with van der Waals surface area (Å²) in [4.78, 5) is 10.5. The average molecular weight is 248 g/mol. The van der Waals surface area contributed by atoms with Crippen molar-refractivity contribution in [3.63, 3.8) is 0 Å². The Hall–Kier alpha value is -1.56. The van der Waals surface area contributed by atoms with Crippen LogP contribution in [0.15, 0.2) is 30.3 Å². The standard InChI is InChI=1S/C11H11F3O3/c12-11(13,14)7-17-9(6-10(15)16)8-4-2-1-3-5-8/h1-5,9H,6-7H2,(H,15,16). The molecule has 0 aliphatic carbocycles. The zero-order chi connectivity index (χ0) is 12.9. The molecular weight excluding hydrogens is 237 g/mol. The van der Waals surface area contributed by atoms with Gasteiger partial charge in [-0.1, -0.05) is 30.3 Å². The Balaban J connectivity index is 2.71. The van der Waals surface area contributed by atoms with Gasteiger partial charge in [-0.15, -0.1) is 0 Å². The SMILES string of the molecule is O=C(O)CC(OCC(F)(F)F)c1ccccc1. The molecule has 0 saturated heterocycles. The highest BCUT2D eigenvalue weighted by Gasteiger charge is 2.30. The molecule has 0 bridgehead atoms. The quantitative estimate of drug-likeness (QED) is 0.871. The van der Waals surface area contributed by atoms with Gasteiger partial charge in [0.1, 0.15) is 6.61 Å². The van der Waals surface area contributed by atoms with Crippen molar-refractivity contribution in [1.29, 1.82) is 0 Å². The van der Waals surface area contributed by atoms with Crippen molar-refractivity contribution in [3.8, 4) is 0 Å². The van der Waals surface area contributed by atoms with Crippen LogP contribution >= 0.6 is 0 Å². The molecule has 0 aliphatic rings. The Morgan fingerprint density at radius 3 is 2.35 bits per heavy atom. The lowest BCUT2D eigenvalue weighted by Crippen LogP contribution is -2.21. The minimum atomic E-state index is -4.47. The summed E-state index contributed by atoms with van der Waals surface area (Å²) in [5.41, 5.74) is 0.416. The van der Waals surface area contributed by atoms with E-state index in [1.807, 2.05) is 0 Å². The maximum atomic E-state index is 12.0. The van der Waals surface area contributed by atoms with Crippen LogP contribution in [0.1, 0.15) is 18.1 Å². The molecule has 1 aromatic rings. The lowest BCUT2D eigenvalue weighted by molar-refractivity contribution is -0.189. The van der Waals surface area contributed by atoms with Gasteiger partial charge in [0.05, 0.1) is 12.5 Å². The van der Waals surface area contributed by atoms with E-state index in [0.717, 1.165) is 0 Å². The molecule has 17 heavy (non-hydrogen) atoms. The summed E-state index contributed by atoms with van der Waals surface area (Å²) in [5, 5.41) is 8.61. The van der Waals surface area contributed by atoms with Gasteiger partial charge in [0.15, 0.2) is 0 Å².